The van der Waals surface area contributed by atoms with Crippen LogP contribution in [0.5, 0.6) is 0 Å². The predicted octanol–water partition coefficient (Wildman–Crippen LogP) is -0.555. The molecule has 0 saturated carbocycles. The van der Waals surface area contributed by atoms with E-state index in [9.17, 15) is 19.8 Å². The summed E-state index contributed by atoms with van der Waals surface area (Å²) in [6.07, 6.45) is 0. The fraction of sp³-hybridized carbons (Fsp3) is 0. The molecule has 0 unspecified atom stereocenters. The zero-order chi connectivity index (χ0) is 17.9. The minimum atomic E-state index is -4.67. The smallest absolute Gasteiger partial charge is 0.545 e. The Balaban J connectivity index is 0. The van der Waals surface area contributed by atoms with Gasteiger partial charge in [-0.2, -0.15) is 8.42 Å². The Hall–Kier alpha value is -2.23. The first-order valence-corrected chi connectivity index (χ1v) is 7.23. The van der Waals surface area contributed by atoms with Gasteiger partial charge in [0.15, 0.2) is 0 Å². The van der Waals surface area contributed by atoms with Crippen LogP contribution in [0.25, 0.3) is 0 Å². The molecule has 2 rings (SSSR count). The van der Waals surface area contributed by atoms with Gasteiger partial charge < -0.3 is 19.8 Å². The van der Waals surface area contributed by atoms with E-state index in [4.69, 9.17) is 17.5 Å². The molecular weight excluding hydrogens is 392 g/mol. The van der Waals surface area contributed by atoms with Crippen LogP contribution < -0.4 is 10.2 Å². The van der Waals surface area contributed by atoms with E-state index in [-0.39, 0.29) is 28.2 Å². The van der Waals surface area contributed by atoms with Crippen molar-refractivity contribution in [2.75, 3.05) is 0 Å². The van der Waals surface area contributed by atoms with Crippen LogP contribution in [0, 0.1) is 0 Å². The summed E-state index contributed by atoms with van der Waals surface area (Å²) in [5.41, 5.74) is 0.440. The largest absolute Gasteiger partial charge is 2.00 e. The van der Waals surface area contributed by atoms with E-state index in [0.29, 0.717) is 0 Å². The summed E-state index contributed by atoms with van der Waals surface area (Å²) in [5, 5.41) is 20.2. The molecule has 0 atom stereocenters. The maximum absolute atomic E-state index is 10.1. The topological polar surface area (TPSA) is 155 Å². The zero-order valence-corrected chi connectivity index (χ0v) is 13.6. The van der Waals surface area contributed by atoms with Crippen molar-refractivity contribution in [1.82, 2.24) is 0 Å². The molecule has 24 heavy (non-hydrogen) atoms. The van der Waals surface area contributed by atoms with Gasteiger partial charge in [0.1, 0.15) is 0 Å². The second kappa shape index (κ2) is 12.2. The average Bonchev–Trinajstić information content (AvgIpc) is 2.48. The van der Waals surface area contributed by atoms with E-state index in [1.165, 1.54) is 24.3 Å². The van der Waals surface area contributed by atoms with Crippen molar-refractivity contribution >= 4 is 22.3 Å². The zero-order valence-electron chi connectivity index (χ0n) is 11.8. The molecule has 133 valence electrons. The third kappa shape index (κ3) is 14.7. The Kier molecular flexibility index (Phi) is 12.2. The van der Waals surface area contributed by atoms with Crippen LogP contribution in [0.2, 0.25) is 0 Å². The summed E-state index contributed by atoms with van der Waals surface area (Å²) < 4.78 is 31.6. The van der Waals surface area contributed by atoms with Crippen molar-refractivity contribution in [2.45, 2.75) is 0 Å². The Morgan fingerprint density at radius 3 is 1.04 bits per heavy atom. The Labute approximate surface area is 148 Å². The first-order valence-electron chi connectivity index (χ1n) is 5.84. The second-order valence-electron chi connectivity index (χ2n) is 3.75. The average molecular weight is 404 g/mol. The Morgan fingerprint density at radius 2 is 0.917 bits per heavy atom. The van der Waals surface area contributed by atoms with E-state index in [0.717, 1.165) is 0 Å². The molecule has 0 fully saturated rings. The molecule has 8 nitrogen and oxygen atoms in total. The molecular formula is C14H12CuO8S. The predicted molar refractivity (Wildman–Crippen MR) is 75.7 cm³/mol. The first-order chi connectivity index (χ1) is 10.6. The van der Waals surface area contributed by atoms with Gasteiger partial charge in [0.05, 0.1) is 11.9 Å². The van der Waals surface area contributed by atoms with Crippen LogP contribution in [-0.2, 0) is 27.5 Å². The molecule has 0 aromatic heterocycles. The van der Waals surface area contributed by atoms with E-state index < -0.39 is 22.3 Å². The first kappa shape index (κ1) is 24.0. The van der Waals surface area contributed by atoms with E-state index in [2.05, 4.69) is 0 Å². The normalized spacial score (nSPS) is 9.08. The van der Waals surface area contributed by atoms with E-state index >= 15 is 0 Å². The van der Waals surface area contributed by atoms with Gasteiger partial charge in [-0.05, 0) is 11.1 Å². The standard InChI is InChI=1S/2C7H6O2.Cu.H2O4S/c2*8-7(9)6-4-2-1-3-5-6;;1-5(2,3)4/h2*1-5H,(H,8,9);;(H2,1,2,3,4)/q;;+2;/p-2. The Bertz CT molecular complexity index is 659. The van der Waals surface area contributed by atoms with Gasteiger partial charge in [0.2, 0.25) is 0 Å². The van der Waals surface area contributed by atoms with Crippen molar-refractivity contribution in [3.63, 3.8) is 0 Å². The van der Waals surface area contributed by atoms with E-state index in [1.54, 1.807) is 36.4 Å². The van der Waals surface area contributed by atoms with Crippen LogP contribution in [0.15, 0.2) is 60.7 Å². The van der Waals surface area contributed by atoms with Crippen LogP contribution in [0.1, 0.15) is 20.7 Å². The molecule has 2 aromatic rings. The van der Waals surface area contributed by atoms with Crippen LogP contribution in [-0.4, -0.2) is 29.5 Å². The van der Waals surface area contributed by atoms with Gasteiger partial charge in [-0.25, -0.2) is 0 Å². The SMILES string of the molecule is O=C([O-])c1ccccc1.O=C([O-])c1ccccc1.O=S(=O)(O)O.[Cu+2]. The molecule has 0 bridgehead atoms. The molecule has 0 amide bonds. The fourth-order valence-corrected chi connectivity index (χ4v) is 1.15. The quantitative estimate of drug-likeness (QED) is 0.499. The van der Waals surface area contributed by atoms with Crippen molar-refractivity contribution in [2.24, 2.45) is 0 Å². The van der Waals surface area contributed by atoms with Gasteiger partial charge in [0, 0.05) is 0 Å². The van der Waals surface area contributed by atoms with Gasteiger partial charge >= 0.3 is 27.5 Å². The molecule has 0 aliphatic carbocycles. The van der Waals surface area contributed by atoms with Crippen molar-refractivity contribution in [3.05, 3.63) is 71.8 Å². The minimum Gasteiger partial charge on any atom is -0.545 e. The number of aromatic carboxylic acids is 2. The number of carboxylic acids is 2. The Morgan fingerprint density at radius 1 is 0.708 bits per heavy atom. The van der Waals surface area contributed by atoms with Gasteiger partial charge in [-0.3, -0.25) is 9.11 Å². The number of carbonyl (C=O) groups is 2. The number of carbonyl (C=O) groups excluding carboxylic acids is 2. The summed E-state index contributed by atoms with van der Waals surface area (Å²) in [7, 11) is -4.67. The molecule has 2 N–H and O–H groups in total. The van der Waals surface area contributed by atoms with Gasteiger partial charge in [-0.15, -0.1) is 0 Å². The fourth-order valence-electron chi connectivity index (χ4n) is 1.15. The molecule has 0 spiro atoms. The number of hydrogen-bond donors (Lipinski definition) is 2. The molecule has 0 saturated heterocycles. The molecule has 0 aliphatic rings. The summed E-state index contributed by atoms with van der Waals surface area (Å²) in [5.74, 6) is -2.26. The summed E-state index contributed by atoms with van der Waals surface area (Å²) in [6, 6.07) is 16.1. The van der Waals surface area contributed by atoms with Crippen LogP contribution in [0.3, 0.4) is 0 Å². The summed E-state index contributed by atoms with van der Waals surface area (Å²) in [4.78, 5) is 20.2. The molecule has 1 radical (unpaired) electrons. The van der Waals surface area contributed by atoms with E-state index in [1.807, 2.05) is 0 Å². The molecule has 2 aromatic carbocycles. The van der Waals surface area contributed by atoms with Gasteiger partial charge in [0.25, 0.3) is 0 Å². The summed E-state index contributed by atoms with van der Waals surface area (Å²) >= 11 is 0. The van der Waals surface area contributed by atoms with Crippen molar-refractivity contribution in [3.8, 4) is 0 Å². The molecule has 10 heteroatoms. The maximum atomic E-state index is 10.1. The maximum Gasteiger partial charge on any atom is 2.00 e. The minimum absolute atomic E-state index is 0. The monoisotopic (exact) mass is 403 g/mol. The van der Waals surface area contributed by atoms with Crippen molar-refractivity contribution < 1.29 is 54.4 Å². The van der Waals surface area contributed by atoms with Crippen molar-refractivity contribution in [1.29, 1.82) is 0 Å². The molecule has 0 heterocycles. The van der Waals surface area contributed by atoms with Gasteiger partial charge in [-0.1, -0.05) is 60.7 Å². The third-order valence-corrected chi connectivity index (χ3v) is 2.02. The number of rotatable bonds is 2. The molecule has 0 aliphatic heterocycles. The van der Waals surface area contributed by atoms with Crippen LogP contribution in [0.4, 0.5) is 0 Å². The number of hydrogen-bond acceptors (Lipinski definition) is 6. The second-order valence-corrected chi connectivity index (χ2v) is 4.65. The third-order valence-electron chi connectivity index (χ3n) is 2.02. The summed E-state index contributed by atoms with van der Waals surface area (Å²) in [6.45, 7) is 0. The van der Waals surface area contributed by atoms with Crippen LogP contribution >= 0.6 is 0 Å². The number of benzene rings is 2. The number of carboxylic acid groups (broad SMARTS) is 2.